The summed E-state index contributed by atoms with van der Waals surface area (Å²) < 4.78 is 1.88. The van der Waals surface area contributed by atoms with Gasteiger partial charge in [-0.05, 0) is 31.0 Å². The van der Waals surface area contributed by atoms with E-state index < -0.39 is 0 Å². The first kappa shape index (κ1) is 10.8. The van der Waals surface area contributed by atoms with Crippen LogP contribution in [0.2, 0.25) is 0 Å². The summed E-state index contributed by atoms with van der Waals surface area (Å²) >= 11 is 0. The Morgan fingerprint density at radius 2 is 2.39 bits per heavy atom. The Kier molecular flexibility index (Phi) is 2.52. The molecule has 0 aliphatic carbocycles. The summed E-state index contributed by atoms with van der Waals surface area (Å²) in [4.78, 5) is 0. The van der Waals surface area contributed by atoms with E-state index in [1.54, 1.807) is 0 Å². The van der Waals surface area contributed by atoms with Crippen LogP contribution in [0.1, 0.15) is 18.1 Å². The fourth-order valence-corrected chi connectivity index (χ4v) is 2.35. The third-order valence-electron chi connectivity index (χ3n) is 3.34. The predicted octanol–water partition coefficient (Wildman–Crippen LogP) is 2.41. The summed E-state index contributed by atoms with van der Waals surface area (Å²) in [5, 5.41) is 16.8. The summed E-state index contributed by atoms with van der Waals surface area (Å²) in [5.41, 5.74) is 5.09. The second kappa shape index (κ2) is 4.19. The van der Waals surface area contributed by atoms with E-state index in [9.17, 15) is 5.26 Å². The molecular formula is C14H14N4. The SMILES string of the molecule is CCn1cc(-c2cc3c(cc2C#N)NCC3)cn1. The van der Waals surface area contributed by atoms with Crippen LogP contribution in [-0.2, 0) is 13.0 Å². The fraction of sp³-hybridized carbons (Fsp3) is 0.286. The molecule has 0 unspecified atom stereocenters. The van der Waals surface area contributed by atoms with Crippen LogP contribution in [0.5, 0.6) is 0 Å². The van der Waals surface area contributed by atoms with Crippen LogP contribution in [0, 0.1) is 11.3 Å². The van der Waals surface area contributed by atoms with Crippen molar-refractivity contribution < 1.29 is 0 Å². The zero-order valence-corrected chi connectivity index (χ0v) is 10.3. The van der Waals surface area contributed by atoms with E-state index in [1.807, 2.05) is 23.1 Å². The summed E-state index contributed by atoms with van der Waals surface area (Å²) in [6, 6.07) is 6.34. The van der Waals surface area contributed by atoms with Gasteiger partial charge in [-0.1, -0.05) is 0 Å². The highest BCUT2D eigenvalue weighted by atomic mass is 15.3. The van der Waals surface area contributed by atoms with Gasteiger partial charge in [-0.2, -0.15) is 10.4 Å². The van der Waals surface area contributed by atoms with Crippen LogP contribution in [-0.4, -0.2) is 16.3 Å². The Labute approximate surface area is 106 Å². The molecule has 0 amide bonds. The molecule has 1 aromatic carbocycles. The van der Waals surface area contributed by atoms with Crippen molar-refractivity contribution in [3.05, 3.63) is 35.7 Å². The molecule has 18 heavy (non-hydrogen) atoms. The second-order valence-electron chi connectivity index (χ2n) is 4.43. The van der Waals surface area contributed by atoms with Crippen LogP contribution < -0.4 is 5.32 Å². The molecule has 0 fully saturated rings. The van der Waals surface area contributed by atoms with Crippen molar-refractivity contribution in [3.63, 3.8) is 0 Å². The first-order chi connectivity index (χ1) is 8.81. The highest BCUT2D eigenvalue weighted by Gasteiger charge is 2.15. The Hall–Kier alpha value is -2.28. The number of hydrogen-bond donors (Lipinski definition) is 1. The highest BCUT2D eigenvalue weighted by molar-refractivity contribution is 5.75. The quantitative estimate of drug-likeness (QED) is 0.874. The number of benzene rings is 1. The monoisotopic (exact) mass is 238 g/mol. The minimum atomic E-state index is 0.707. The Morgan fingerprint density at radius 3 is 3.11 bits per heavy atom. The molecule has 0 atom stereocenters. The van der Waals surface area contributed by atoms with Crippen LogP contribution in [0.3, 0.4) is 0 Å². The topological polar surface area (TPSA) is 53.6 Å². The molecule has 1 N–H and O–H groups in total. The van der Waals surface area contributed by atoms with E-state index in [0.29, 0.717) is 5.56 Å². The molecule has 0 saturated heterocycles. The number of aromatic nitrogens is 2. The van der Waals surface area contributed by atoms with Crippen molar-refractivity contribution in [1.29, 1.82) is 5.26 Å². The maximum absolute atomic E-state index is 9.27. The van der Waals surface area contributed by atoms with Crippen molar-refractivity contribution in [3.8, 4) is 17.2 Å². The summed E-state index contributed by atoms with van der Waals surface area (Å²) in [6.45, 7) is 3.85. The van der Waals surface area contributed by atoms with Gasteiger partial charge in [0.1, 0.15) is 0 Å². The Balaban J connectivity index is 2.13. The van der Waals surface area contributed by atoms with Gasteiger partial charge < -0.3 is 5.32 Å². The summed E-state index contributed by atoms with van der Waals surface area (Å²) in [6.07, 6.45) is 4.84. The molecular weight excluding hydrogens is 224 g/mol. The summed E-state index contributed by atoms with van der Waals surface area (Å²) in [7, 11) is 0. The molecule has 0 bridgehead atoms. The van der Waals surface area contributed by atoms with Gasteiger partial charge in [-0.25, -0.2) is 0 Å². The normalized spacial score (nSPS) is 12.9. The number of nitrogens with one attached hydrogen (secondary N) is 1. The molecule has 0 spiro atoms. The van der Waals surface area contributed by atoms with Crippen molar-refractivity contribution in [2.45, 2.75) is 19.9 Å². The minimum absolute atomic E-state index is 0.707. The second-order valence-corrected chi connectivity index (χ2v) is 4.43. The maximum Gasteiger partial charge on any atom is 0.0998 e. The van der Waals surface area contributed by atoms with Crippen molar-refractivity contribution in [2.24, 2.45) is 0 Å². The average Bonchev–Trinajstić information content (AvgIpc) is 3.05. The molecule has 1 aromatic heterocycles. The number of fused-ring (bicyclic) bond motifs is 1. The fourth-order valence-electron chi connectivity index (χ4n) is 2.35. The van der Waals surface area contributed by atoms with Gasteiger partial charge in [0.05, 0.1) is 17.8 Å². The first-order valence-electron chi connectivity index (χ1n) is 6.15. The number of anilines is 1. The number of nitrogens with zero attached hydrogens (tertiary/aromatic N) is 3. The standard InChI is InChI=1S/C14H14N4/c1-2-18-9-12(8-17-18)13-5-10-3-4-16-14(10)6-11(13)7-15/h5-6,8-9,16H,2-4H2,1H3. The lowest BCUT2D eigenvalue weighted by molar-refractivity contribution is 0.660. The first-order valence-corrected chi connectivity index (χ1v) is 6.15. The van der Waals surface area contributed by atoms with Gasteiger partial charge in [0.2, 0.25) is 0 Å². The van der Waals surface area contributed by atoms with Gasteiger partial charge in [0, 0.05) is 36.1 Å². The lowest BCUT2D eigenvalue weighted by atomic mass is 9.99. The Bertz CT molecular complexity index is 634. The van der Waals surface area contributed by atoms with Gasteiger partial charge >= 0.3 is 0 Å². The molecule has 2 aromatic rings. The van der Waals surface area contributed by atoms with E-state index in [-0.39, 0.29) is 0 Å². The van der Waals surface area contributed by atoms with E-state index in [4.69, 9.17) is 0 Å². The number of nitriles is 1. The van der Waals surface area contributed by atoms with Crippen LogP contribution >= 0.6 is 0 Å². The number of hydrogen-bond acceptors (Lipinski definition) is 3. The lowest BCUT2D eigenvalue weighted by Crippen LogP contribution is -1.92. The molecule has 0 saturated carbocycles. The zero-order valence-electron chi connectivity index (χ0n) is 10.3. The van der Waals surface area contributed by atoms with E-state index >= 15 is 0 Å². The van der Waals surface area contributed by atoms with Crippen molar-refractivity contribution in [2.75, 3.05) is 11.9 Å². The van der Waals surface area contributed by atoms with E-state index in [2.05, 4.69) is 29.5 Å². The van der Waals surface area contributed by atoms with Crippen molar-refractivity contribution >= 4 is 5.69 Å². The molecule has 3 rings (SSSR count). The van der Waals surface area contributed by atoms with Gasteiger partial charge in [0.15, 0.2) is 0 Å². The third kappa shape index (κ3) is 1.65. The van der Waals surface area contributed by atoms with Crippen molar-refractivity contribution in [1.82, 2.24) is 9.78 Å². The van der Waals surface area contributed by atoms with Gasteiger partial charge in [-0.3, -0.25) is 4.68 Å². The number of aryl methyl sites for hydroxylation is 1. The third-order valence-corrected chi connectivity index (χ3v) is 3.34. The Morgan fingerprint density at radius 1 is 1.50 bits per heavy atom. The number of rotatable bonds is 2. The van der Waals surface area contributed by atoms with E-state index in [1.165, 1.54) is 5.56 Å². The average molecular weight is 238 g/mol. The lowest BCUT2D eigenvalue weighted by Gasteiger charge is -2.05. The minimum Gasteiger partial charge on any atom is -0.384 e. The molecule has 1 aliphatic heterocycles. The molecule has 4 nitrogen and oxygen atoms in total. The van der Waals surface area contributed by atoms with E-state index in [0.717, 1.165) is 36.3 Å². The van der Waals surface area contributed by atoms with Crippen LogP contribution in [0.4, 0.5) is 5.69 Å². The maximum atomic E-state index is 9.27. The molecule has 1 aliphatic rings. The molecule has 0 radical (unpaired) electrons. The summed E-state index contributed by atoms with van der Waals surface area (Å²) in [5.74, 6) is 0. The molecule has 4 heteroatoms. The van der Waals surface area contributed by atoms with Crippen LogP contribution in [0.25, 0.3) is 11.1 Å². The van der Waals surface area contributed by atoms with Crippen LogP contribution in [0.15, 0.2) is 24.5 Å². The molecule has 2 heterocycles. The zero-order chi connectivity index (χ0) is 12.5. The van der Waals surface area contributed by atoms with Gasteiger partial charge in [0.25, 0.3) is 0 Å². The highest BCUT2D eigenvalue weighted by Crippen LogP contribution is 2.31. The predicted molar refractivity (Wildman–Crippen MR) is 70.2 cm³/mol. The molecule has 90 valence electrons. The van der Waals surface area contributed by atoms with Gasteiger partial charge in [-0.15, -0.1) is 0 Å². The smallest absolute Gasteiger partial charge is 0.0998 e. The largest absolute Gasteiger partial charge is 0.384 e.